The minimum atomic E-state index is -0.444. The zero-order valence-electron chi connectivity index (χ0n) is 7.61. The van der Waals surface area contributed by atoms with E-state index in [0.29, 0.717) is 0 Å². The number of nitro groups is 1. The lowest BCUT2D eigenvalue weighted by molar-refractivity contribution is -0.400. The molecule has 0 unspecified atom stereocenters. The average Bonchev–Trinajstić information content (AvgIpc) is 2.43. The first-order valence-corrected chi connectivity index (χ1v) is 4.86. The Hall–Kier alpha value is -1.16. The Kier molecular flexibility index (Phi) is 3.19. The quantitative estimate of drug-likeness (QED) is 0.552. The van der Waals surface area contributed by atoms with E-state index in [1.54, 1.807) is 11.3 Å². The summed E-state index contributed by atoms with van der Waals surface area (Å²) in [5.41, 5.74) is 1.22. The Morgan fingerprint density at radius 1 is 1.69 bits per heavy atom. The van der Waals surface area contributed by atoms with Crippen LogP contribution < -0.4 is 0 Å². The second-order valence-electron chi connectivity index (χ2n) is 2.71. The van der Waals surface area contributed by atoms with E-state index in [-0.39, 0.29) is 0 Å². The van der Waals surface area contributed by atoms with Gasteiger partial charge in [-0.25, -0.2) is 0 Å². The van der Waals surface area contributed by atoms with Crippen LogP contribution in [0.2, 0.25) is 0 Å². The van der Waals surface area contributed by atoms with Crippen molar-refractivity contribution in [2.24, 2.45) is 0 Å². The predicted octanol–water partition coefficient (Wildman–Crippen LogP) is 2.87. The molecule has 0 aliphatic carbocycles. The van der Waals surface area contributed by atoms with Crippen molar-refractivity contribution >= 4 is 17.4 Å². The molecule has 0 N–H and O–H groups in total. The molecule has 1 aromatic heterocycles. The Morgan fingerprint density at radius 2 is 2.38 bits per heavy atom. The molecule has 13 heavy (non-hydrogen) atoms. The van der Waals surface area contributed by atoms with Crippen molar-refractivity contribution in [3.05, 3.63) is 37.7 Å². The Balaban J connectivity index is 2.85. The summed E-state index contributed by atoms with van der Waals surface area (Å²) >= 11 is 1.61. The minimum Gasteiger partial charge on any atom is -0.259 e. The maximum absolute atomic E-state index is 10.1. The van der Waals surface area contributed by atoms with E-state index in [0.717, 1.165) is 17.5 Å². The van der Waals surface area contributed by atoms with Gasteiger partial charge in [0.25, 0.3) is 0 Å². The molecule has 3 nitrogen and oxygen atoms in total. The van der Waals surface area contributed by atoms with Crippen molar-refractivity contribution in [2.45, 2.75) is 20.3 Å². The van der Waals surface area contributed by atoms with Crippen LogP contribution in [0.4, 0.5) is 0 Å². The summed E-state index contributed by atoms with van der Waals surface area (Å²) in [5.74, 6) is 0. The molecule has 0 saturated heterocycles. The number of aryl methyl sites for hydroxylation is 2. The molecular formula is C9H11NO2S. The number of hydrogen-bond donors (Lipinski definition) is 0. The fraction of sp³-hybridized carbons (Fsp3) is 0.333. The molecule has 0 amide bonds. The summed E-state index contributed by atoms with van der Waals surface area (Å²) < 4.78 is 0. The van der Waals surface area contributed by atoms with Gasteiger partial charge in [0.2, 0.25) is 6.20 Å². The summed E-state index contributed by atoms with van der Waals surface area (Å²) in [6.07, 6.45) is 3.50. The Labute approximate surface area is 80.9 Å². The Morgan fingerprint density at radius 3 is 2.85 bits per heavy atom. The van der Waals surface area contributed by atoms with Gasteiger partial charge in [0, 0.05) is 15.8 Å². The van der Waals surface area contributed by atoms with E-state index >= 15 is 0 Å². The smallest absolute Gasteiger partial charge is 0.235 e. The first-order valence-electron chi connectivity index (χ1n) is 4.04. The van der Waals surface area contributed by atoms with E-state index < -0.39 is 4.92 Å². The highest BCUT2D eigenvalue weighted by Gasteiger charge is 2.01. The third kappa shape index (κ3) is 2.66. The number of rotatable bonds is 3. The van der Waals surface area contributed by atoms with Crippen LogP contribution in [-0.2, 0) is 6.42 Å². The third-order valence-corrected chi connectivity index (χ3v) is 3.07. The van der Waals surface area contributed by atoms with Crippen molar-refractivity contribution in [3.8, 4) is 0 Å². The Bertz CT molecular complexity index is 341. The second kappa shape index (κ2) is 4.18. The van der Waals surface area contributed by atoms with Gasteiger partial charge in [-0.15, -0.1) is 11.3 Å². The van der Waals surface area contributed by atoms with Crippen LogP contribution in [0, 0.1) is 17.0 Å². The zero-order chi connectivity index (χ0) is 9.84. The lowest BCUT2D eigenvalue weighted by Crippen LogP contribution is -1.80. The second-order valence-corrected chi connectivity index (χ2v) is 3.88. The van der Waals surface area contributed by atoms with Gasteiger partial charge in [-0.3, -0.25) is 10.1 Å². The zero-order valence-corrected chi connectivity index (χ0v) is 8.43. The van der Waals surface area contributed by atoms with Gasteiger partial charge in [0.05, 0.1) is 4.92 Å². The summed E-state index contributed by atoms with van der Waals surface area (Å²) in [4.78, 5) is 11.9. The number of nitrogens with zero attached hydrogens (tertiary/aromatic N) is 1. The summed E-state index contributed by atoms with van der Waals surface area (Å²) in [6, 6.07) is 1.98. The summed E-state index contributed by atoms with van der Waals surface area (Å²) in [5, 5.41) is 10.1. The van der Waals surface area contributed by atoms with Crippen LogP contribution in [0.3, 0.4) is 0 Å². The number of hydrogen-bond acceptors (Lipinski definition) is 3. The van der Waals surface area contributed by atoms with Crippen LogP contribution in [0.5, 0.6) is 0 Å². The van der Waals surface area contributed by atoms with Gasteiger partial charge >= 0.3 is 0 Å². The predicted molar refractivity (Wildman–Crippen MR) is 54.5 cm³/mol. The van der Waals surface area contributed by atoms with E-state index in [1.807, 2.05) is 13.0 Å². The van der Waals surface area contributed by atoms with Crippen molar-refractivity contribution in [3.63, 3.8) is 0 Å². The molecule has 0 saturated carbocycles. The first-order chi connectivity index (χ1) is 6.13. The van der Waals surface area contributed by atoms with Crippen LogP contribution in [0.1, 0.15) is 22.2 Å². The van der Waals surface area contributed by atoms with Crippen molar-refractivity contribution < 1.29 is 4.92 Å². The van der Waals surface area contributed by atoms with Crippen molar-refractivity contribution in [1.82, 2.24) is 0 Å². The topological polar surface area (TPSA) is 43.1 Å². The molecule has 1 rings (SSSR count). The molecule has 0 bridgehead atoms. The van der Waals surface area contributed by atoms with Gasteiger partial charge in [-0.05, 0) is 25.0 Å². The molecule has 0 aliphatic rings. The van der Waals surface area contributed by atoms with E-state index in [2.05, 4.69) is 6.92 Å². The average molecular weight is 197 g/mol. The highest BCUT2D eigenvalue weighted by molar-refractivity contribution is 7.13. The molecule has 0 aromatic carbocycles. The van der Waals surface area contributed by atoms with Gasteiger partial charge in [-0.1, -0.05) is 6.92 Å². The molecule has 1 aromatic rings. The maximum Gasteiger partial charge on any atom is 0.235 e. The van der Waals surface area contributed by atoms with Gasteiger partial charge in [-0.2, -0.15) is 0 Å². The fourth-order valence-corrected chi connectivity index (χ4v) is 2.13. The fourth-order valence-electron chi connectivity index (χ4n) is 1.11. The highest BCUT2D eigenvalue weighted by Crippen LogP contribution is 2.23. The van der Waals surface area contributed by atoms with Crippen LogP contribution >= 0.6 is 11.3 Å². The summed E-state index contributed by atoms with van der Waals surface area (Å²) in [6.45, 7) is 4.11. The van der Waals surface area contributed by atoms with Gasteiger partial charge in [0.1, 0.15) is 0 Å². The van der Waals surface area contributed by atoms with E-state index in [1.165, 1.54) is 16.5 Å². The highest BCUT2D eigenvalue weighted by atomic mass is 32.1. The van der Waals surface area contributed by atoms with Crippen molar-refractivity contribution in [1.29, 1.82) is 0 Å². The van der Waals surface area contributed by atoms with Gasteiger partial charge < -0.3 is 0 Å². The van der Waals surface area contributed by atoms with E-state index in [9.17, 15) is 10.1 Å². The molecule has 0 radical (unpaired) electrons. The normalized spacial score (nSPS) is 10.9. The maximum atomic E-state index is 10.1. The number of thiophene rings is 1. The standard InChI is InChI=1S/C9H11NO2S/c1-3-9-7(2)6-8(13-9)4-5-10(11)12/h4-6H,3H2,1-2H3. The van der Waals surface area contributed by atoms with Gasteiger partial charge in [0.15, 0.2) is 0 Å². The van der Waals surface area contributed by atoms with Crippen LogP contribution in [0.25, 0.3) is 6.08 Å². The molecular weight excluding hydrogens is 186 g/mol. The molecule has 0 spiro atoms. The summed E-state index contributed by atoms with van der Waals surface area (Å²) in [7, 11) is 0. The monoisotopic (exact) mass is 197 g/mol. The van der Waals surface area contributed by atoms with Crippen molar-refractivity contribution in [2.75, 3.05) is 0 Å². The van der Waals surface area contributed by atoms with E-state index in [4.69, 9.17) is 0 Å². The third-order valence-electron chi connectivity index (χ3n) is 1.72. The van der Waals surface area contributed by atoms with Crippen LogP contribution in [-0.4, -0.2) is 4.92 Å². The molecule has 1 heterocycles. The molecule has 0 aliphatic heterocycles. The lowest BCUT2D eigenvalue weighted by atomic mass is 10.2. The molecule has 70 valence electrons. The van der Waals surface area contributed by atoms with Crippen LogP contribution in [0.15, 0.2) is 12.3 Å². The largest absolute Gasteiger partial charge is 0.259 e. The first kappa shape index (κ1) is 9.92. The molecule has 0 fully saturated rings. The minimum absolute atomic E-state index is 0.444. The molecule has 4 heteroatoms. The lowest BCUT2D eigenvalue weighted by Gasteiger charge is -1.87. The SMILES string of the molecule is CCc1sc(C=C[N+](=O)[O-])cc1C. The molecule has 0 atom stereocenters.